The second-order valence-corrected chi connectivity index (χ2v) is 4.02. The predicted octanol–water partition coefficient (Wildman–Crippen LogP) is 7.20. The van der Waals surface area contributed by atoms with Crippen molar-refractivity contribution in [2.45, 2.75) is 55.4 Å². The van der Waals surface area contributed by atoms with Crippen molar-refractivity contribution in [1.29, 1.82) is 0 Å². The Hall–Kier alpha value is -3.09. The third-order valence-electron chi connectivity index (χ3n) is 2.68. The quantitative estimate of drug-likeness (QED) is 0.414. The first-order chi connectivity index (χ1) is 14.0. The maximum Gasteiger partial charge on any atom is 0.339 e. The molecule has 0 aromatic heterocycles. The first-order valence-electron chi connectivity index (χ1n) is 9.85. The Bertz CT molecular complexity index is 684. The van der Waals surface area contributed by atoms with Crippen LogP contribution in [-0.4, -0.2) is 23.1 Å². The number of nitro benzene ring substituents is 1. The number of carboxylic acid groups (broad SMARTS) is 1. The van der Waals surface area contributed by atoms with E-state index in [9.17, 15) is 14.9 Å². The van der Waals surface area contributed by atoms with E-state index in [0.29, 0.717) is 11.5 Å². The number of nitro groups is 1. The molecule has 2 aromatic rings. The standard InChI is InChI=1S/C14H11NO6.4C2H6/c1-20-13-7-6-11(8-12(13)14(16)17)21-10-4-2-9(3-5-10)15(18)19;4*1-2/h2-8H,1H3,(H,16,17);4*1-2H3. The van der Waals surface area contributed by atoms with Gasteiger partial charge in [0.15, 0.2) is 0 Å². The Balaban J connectivity index is -0.000000754. The number of carboxylic acids is 1. The van der Waals surface area contributed by atoms with Crippen LogP contribution in [0.25, 0.3) is 0 Å². The molecule has 0 spiro atoms. The molecule has 0 bridgehead atoms. The summed E-state index contributed by atoms with van der Waals surface area (Å²) in [6.45, 7) is 16.0. The van der Waals surface area contributed by atoms with Gasteiger partial charge in [-0.2, -0.15) is 0 Å². The number of benzene rings is 2. The number of nitrogens with zero attached hydrogens (tertiary/aromatic N) is 1. The van der Waals surface area contributed by atoms with Crippen molar-refractivity contribution in [2.75, 3.05) is 7.11 Å². The molecule has 0 amide bonds. The Kier molecular flexibility index (Phi) is 20.8. The van der Waals surface area contributed by atoms with Crippen LogP contribution >= 0.6 is 0 Å². The summed E-state index contributed by atoms with van der Waals surface area (Å²) in [6, 6.07) is 9.82. The van der Waals surface area contributed by atoms with Gasteiger partial charge >= 0.3 is 5.97 Å². The van der Waals surface area contributed by atoms with Gasteiger partial charge in [-0.05, 0) is 30.3 Å². The van der Waals surface area contributed by atoms with E-state index in [1.807, 2.05) is 55.4 Å². The van der Waals surface area contributed by atoms with Crippen molar-refractivity contribution in [3.63, 3.8) is 0 Å². The lowest BCUT2D eigenvalue weighted by Gasteiger charge is -2.09. The highest BCUT2D eigenvalue weighted by Gasteiger charge is 2.13. The van der Waals surface area contributed by atoms with Crippen LogP contribution in [0.1, 0.15) is 65.7 Å². The Labute approximate surface area is 174 Å². The number of methoxy groups -OCH3 is 1. The summed E-state index contributed by atoms with van der Waals surface area (Å²) in [5, 5.41) is 19.6. The van der Waals surface area contributed by atoms with E-state index in [1.165, 1.54) is 43.5 Å². The summed E-state index contributed by atoms with van der Waals surface area (Å²) < 4.78 is 10.4. The normalized spacial score (nSPS) is 8.03. The molecule has 7 nitrogen and oxygen atoms in total. The molecule has 0 radical (unpaired) electrons. The SMILES string of the molecule is CC.CC.CC.CC.COc1ccc(Oc2ccc([N+](=O)[O-])cc2)cc1C(=O)O. The number of ether oxygens (including phenoxy) is 2. The van der Waals surface area contributed by atoms with E-state index in [1.54, 1.807) is 6.07 Å². The molecule has 0 heterocycles. The van der Waals surface area contributed by atoms with E-state index in [4.69, 9.17) is 14.6 Å². The van der Waals surface area contributed by atoms with Gasteiger partial charge < -0.3 is 14.6 Å². The molecule has 1 N–H and O–H groups in total. The zero-order chi connectivity index (χ0) is 23.4. The molecule has 2 aromatic carbocycles. The van der Waals surface area contributed by atoms with Gasteiger partial charge in [0.2, 0.25) is 0 Å². The minimum Gasteiger partial charge on any atom is -0.496 e. The monoisotopic (exact) mass is 409 g/mol. The fourth-order valence-corrected chi connectivity index (χ4v) is 1.69. The predicted molar refractivity (Wildman–Crippen MR) is 119 cm³/mol. The van der Waals surface area contributed by atoms with E-state index < -0.39 is 10.9 Å². The van der Waals surface area contributed by atoms with Crippen LogP contribution in [0, 0.1) is 10.1 Å². The van der Waals surface area contributed by atoms with E-state index in [0.717, 1.165) is 0 Å². The van der Waals surface area contributed by atoms with Crippen molar-refractivity contribution in [3.05, 3.63) is 58.1 Å². The summed E-state index contributed by atoms with van der Waals surface area (Å²) in [5.41, 5.74) is -0.0831. The smallest absolute Gasteiger partial charge is 0.339 e. The lowest BCUT2D eigenvalue weighted by atomic mass is 10.2. The number of hydrogen-bond acceptors (Lipinski definition) is 5. The molecular weight excluding hydrogens is 374 g/mol. The molecular formula is C22H35NO6. The third kappa shape index (κ3) is 11.4. The van der Waals surface area contributed by atoms with E-state index >= 15 is 0 Å². The van der Waals surface area contributed by atoms with Gasteiger partial charge in [-0.1, -0.05) is 55.4 Å². The lowest BCUT2D eigenvalue weighted by Crippen LogP contribution is -2.00. The maximum atomic E-state index is 11.1. The number of rotatable bonds is 5. The molecule has 164 valence electrons. The van der Waals surface area contributed by atoms with Crippen molar-refractivity contribution in [2.24, 2.45) is 0 Å². The van der Waals surface area contributed by atoms with Gasteiger partial charge in [0.05, 0.1) is 12.0 Å². The van der Waals surface area contributed by atoms with Crippen LogP contribution in [0.3, 0.4) is 0 Å². The zero-order valence-electron chi connectivity index (χ0n) is 19.0. The van der Waals surface area contributed by atoms with Crippen LogP contribution in [0.4, 0.5) is 5.69 Å². The molecule has 0 fully saturated rings. The number of carbonyl (C=O) groups is 1. The minimum absolute atomic E-state index is 0.0306. The van der Waals surface area contributed by atoms with Crippen molar-refractivity contribution >= 4 is 11.7 Å². The zero-order valence-corrected chi connectivity index (χ0v) is 19.0. The fourth-order valence-electron chi connectivity index (χ4n) is 1.69. The number of aromatic carboxylic acids is 1. The molecule has 2 rings (SSSR count). The third-order valence-corrected chi connectivity index (χ3v) is 2.68. The van der Waals surface area contributed by atoms with Crippen LogP contribution in [0.15, 0.2) is 42.5 Å². The largest absolute Gasteiger partial charge is 0.496 e. The van der Waals surface area contributed by atoms with Gasteiger partial charge in [-0.25, -0.2) is 4.79 Å². The van der Waals surface area contributed by atoms with E-state index in [-0.39, 0.29) is 17.0 Å². The molecule has 29 heavy (non-hydrogen) atoms. The number of hydrogen-bond donors (Lipinski definition) is 1. The van der Waals surface area contributed by atoms with Gasteiger partial charge in [0.1, 0.15) is 22.8 Å². The topological polar surface area (TPSA) is 98.9 Å². The van der Waals surface area contributed by atoms with Crippen LogP contribution < -0.4 is 9.47 Å². The molecule has 0 saturated carbocycles. The molecule has 0 aliphatic carbocycles. The molecule has 0 atom stereocenters. The van der Waals surface area contributed by atoms with Gasteiger partial charge in [-0.3, -0.25) is 10.1 Å². The van der Waals surface area contributed by atoms with Gasteiger partial charge in [-0.15, -0.1) is 0 Å². The van der Waals surface area contributed by atoms with Crippen molar-refractivity contribution in [3.8, 4) is 17.2 Å². The lowest BCUT2D eigenvalue weighted by molar-refractivity contribution is -0.384. The summed E-state index contributed by atoms with van der Waals surface area (Å²) >= 11 is 0. The second kappa shape index (κ2) is 19.7. The average Bonchev–Trinajstić information content (AvgIpc) is 2.79. The minimum atomic E-state index is -1.14. The second-order valence-electron chi connectivity index (χ2n) is 4.02. The Morgan fingerprint density at radius 1 is 0.862 bits per heavy atom. The van der Waals surface area contributed by atoms with Crippen LogP contribution in [-0.2, 0) is 0 Å². The maximum absolute atomic E-state index is 11.1. The van der Waals surface area contributed by atoms with Gasteiger partial charge in [0.25, 0.3) is 5.69 Å². The molecule has 0 aliphatic rings. The summed E-state index contributed by atoms with van der Waals surface area (Å²) in [6.07, 6.45) is 0. The Morgan fingerprint density at radius 3 is 1.69 bits per heavy atom. The average molecular weight is 410 g/mol. The molecule has 0 aliphatic heterocycles. The summed E-state index contributed by atoms with van der Waals surface area (Å²) in [4.78, 5) is 21.1. The molecule has 7 heteroatoms. The molecule has 0 saturated heterocycles. The van der Waals surface area contributed by atoms with E-state index in [2.05, 4.69) is 0 Å². The first kappa shape index (κ1) is 30.6. The highest BCUT2D eigenvalue weighted by Crippen LogP contribution is 2.28. The summed E-state index contributed by atoms with van der Waals surface area (Å²) in [5.74, 6) is -0.260. The van der Waals surface area contributed by atoms with Crippen molar-refractivity contribution < 1.29 is 24.3 Å². The van der Waals surface area contributed by atoms with Gasteiger partial charge in [0, 0.05) is 12.1 Å². The molecule has 0 unspecified atom stereocenters. The summed E-state index contributed by atoms with van der Waals surface area (Å²) in [7, 11) is 1.37. The fraction of sp³-hybridized carbons (Fsp3) is 0.409. The van der Waals surface area contributed by atoms with Crippen LogP contribution in [0.2, 0.25) is 0 Å². The Morgan fingerprint density at radius 2 is 1.31 bits per heavy atom. The highest BCUT2D eigenvalue weighted by atomic mass is 16.6. The number of non-ortho nitro benzene ring substituents is 1. The highest BCUT2D eigenvalue weighted by molar-refractivity contribution is 5.91. The van der Waals surface area contributed by atoms with Crippen molar-refractivity contribution in [1.82, 2.24) is 0 Å². The first-order valence-corrected chi connectivity index (χ1v) is 9.85. The van der Waals surface area contributed by atoms with Crippen LogP contribution in [0.5, 0.6) is 17.2 Å².